The first-order valence-electron chi connectivity index (χ1n) is 0.689. The molecule has 0 aliphatic rings. The molecule has 0 aliphatic heterocycles. The van der Waals surface area contributed by atoms with Crippen molar-refractivity contribution in [2.45, 2.75) is 0 Å². The van der Waals surface area contributed by atoms with Gasteiger partial charge < -0.3 is 0 Å². The van der Waals surface area contributed by atoms with E-state index in [0.717, 1.165) is 0 Å². The summed E-state index contributed by atoms with van der Waals surface area (Å²) in [5, 5.41) is 0. The quantitative estimate of drug-likeness (QED) is 0.414. The molecule has 4 heteroatoms. The summed E-state index contributed by atoms with van der Waals surface area (Å²) in [5.74, 6) is 0. The number of halogens is 1. The van der Waals surface area contributed by atoms with Crippen LogP contribution < -0.4 is 4.34 Å². The van der Waals surface area contributed by atoms with E-state index in [1.165, 1.54) is 0 Å². The fourth-order valence-electron chi connectivity index (χ4n) is 0. The second kappa shape index (κ2) is 16.1. The standard InChI is InChI=1S/CH4BrN.Ca.Ti.2H/c1-3-2;;;;/h3H,1H3;;;;. The minimum absolute atomic E-state index is 0. The molecule has 0 unspecified atom stereocenters. The van der Waals surface area contributed by atoms with Crippen LogP contribution in [0.1, 0.15) is 0 Å². The molecule has 0 aromatic rings. The third-order valence-electron chi connectivity index (χ3n) is 0. The smallest absolute Gasteiger partial charge is 0 e. The molecule has 5 heavy (non-hydrogen) atoms. The summed E-state index contributed by atoms with van der Waals surface area (Å²) in [6.45, 7) is 0. The van der Waals surface area contributed by atoms with Gasteiger partial charge in [-0.25, -0.2) is 0 Å². The maximum Gasteiger partial charge on any atom is 0 e. The van der Waals surface area contributed by atoms with Gasteiger partial charge in [0.1, 0.15) is 0 Å². The molecule has 0 aromatic carbocycles. The first-order valence-corrected chi connectivity index (χ1v) is 1.48. The van der Waals surface area contributed by atoms with E-state index in [4.69, 9.17) is 0 Å². The van der Waals surface area contributed by atoms with Crippen LogP contribution in [0.25, 0.3) is 0 Å². The van der Waals surface area contributed by atoms with Crippen LogP contribution in [-0.4, -0.2) is 44.8 Å². The molecule has 0 fully saturated rings. The predicted molar refractivity (Wildman–Crippen MR) is 26.5 cm³/mol. The Balaban J connectivity index is -0.0000000200. The molecule has 0 heterocycles. The minimum atomic E-state index is 0. The Hall–Kier alpha value is 2.41. The van der Waals surface area contributed by atoms with E-state index in [9.17, 15) is 0 Å². The van der Waals surface area contributed by atoms with Crippen molar-refractivity contribution in [2.24, 2.45) is 0 Å². The van der Waals surface area contributed by atoms with Gasteiger partial charge in [0.05, 0.1) is 0 Å². The topological polar surface area (TPSA) is 12.0 Å². The van der Waals surface area contributed by atoms with Gasteiger partial charge in [-0.2, -0.15) is 0 Å². The van der Waals surface area contributed by atoms with Gasteiger partial charge in [0.25, 0.3) is 0 Å². The van der Waals surface area contributed by atoms with Gasteiger partial charge in [0.15, 0.2) is 0 Å². The minimum Gasteiger partial charge on any atom is 0 e. The summed E-state index contributed by atoms with van der Waals surface area (Å²) in [6.07, 6.45) is 0. The van der Waals surface area contributed by atoms with Crippen LogP contribution in [0.3, 0.4) is 0 Å². The van der Waals surface area contributed by atoms with Crippen molar-refractivity contribution in [3.63, 3.8) is 0 Å². The Morgan fingerprint density at radius 3 is 1.60 bits per heavy atom. The monoisotopic (exact) mass is 199 g/mol. The number of rotatable bonds is 0. The van der Waals surface area contributed by atoms with Crippen molar-refractivity contribution < 1.29 is 21.7 Å². The maximum atomic E-state index is 2.90. The van der Waals surface area contributed by atoms with E-state index < -0.39 is 0 Å². The van der Waals surface area contributed by atoms with Crippen LogP contribution in [0.4, 0.5) is 0 Å². The van der Waals surface area contributed by atoms with Gasteiger partial charge in [-0.15, -0.1) is 0 Å². The molecule has 0 rings (SSSR count). The first-order chi connectivity index (χ1) is 1.41. The summed E-state index contributed by atoms with van der Waals surface area (Å²) in [5.41, 5.74) is 0. The van der Waals surface area contributed by atoms with E-state index in [2.05, 4.69) is 20.5 Å². The Morgan fingerprint density at radius 1 is 1.60 bits per heavy atom. The average Bonchev–Trinajstić information content (AvgIpc) is 0.918. The molecule has 0 aromatic heterocycles. The molecule has 0 spiro atoms. The molecule has 1 nitrogen and oxygen atoms in total. The average molecular weight is 200 g/mol. The molecule has 0 amide bonds. The molecule has 0 radical (unpaired) electrons. The van der Waals surface area contributed by atoms with Crippen molar-refractivity contribution in [1.29, 1.82) is 0 Å². The van der Waals surface area contributed by atoms with Crippen LogP contribution >= 0.6 is 16.1 Å². The Labute approximate surface area is 85.5 Å². The third-order valence-corrected chi connectivity index (χ3v) is 0. The van der Waals surface area contributed by atoms with E-state index in [-0.39, 0.29) is 59.5 Å². The normalized spacial score (nSPS) is 3.60. The van der Waals surface area contributed by atoms with Crippen molar-refractivity contribution in [3.8, 4) is 0 Å². The molecule has 28 valence electrons. The van der Waals surface area contributed by atoms with Gasteiger partial charge in [-0.05, 0) is 7.05 Å². The summed E-state index contributed by atoms with van der Waals surface area (Å²) in [7, 11) is 1.79. The molecule has 0 saturated heterocycles. The van der Waals surface area contributed by atoms with Crippen LogP contribution in [0.15, 0.2) is 0 Å². The van der Waals surface area contributed by atoms with Crippen LogP contribution in [-0.2, 0) is 21.7 Å². The first kappa shape index (κ1) is 15.7. The summed E-state index contributed by atoms with van der Waals surface area (Å²) >= 11 is 2.90. The Kier molecular flexibility index (Phi) is 50.5. The number of nitrogens with one attached hydrogen (secondary N) is 1. The van der Waals surface area contributed by atoms with Crippen LogP contribution in [0, 0.1) is 0 Å². The van der Waals surface area contributed by atoms with E-state index in [1.54, 1.807) is 7.05 Å². The van der Waals surface area contributed by atoms with Crippen LogP contribution in [0.5, 0.6) is 0 Å². The fourth-order valence-corrected chi connectivity index (χ4v) is 0. The molecular weight excluding hydrogens is 194 g/mol. The van der Waals surface area contributed by atoms with Crippen molar-refractivity contribution in [1.82, 2.24) is 4.34 Å². The zero-order valence-corrected chi connectivity index (χ0v) is 5.53. The maximum absolute atomic E-state index is 2.90. The number of hydrogen-bond acceptors (Lipinski definition) is 1. The van der Waals surface area contributed by atoms with Crippen molar-refractivity contribution in [3.05, 3.63) is 0 Å². The summed E-state index contributed by atoms with van der Waals surface area (Å²) in [4.78, 5) is 0. The largest absolute Gasteiger partial charge is 0 e. The fraction of sp³-hybridized carbons (Fsp3) is 1.00. The zero-order valence-electron chi connectivity index (χ0n) is 2.38. The summed E-state index contributed by atoms with van der Waals surface area (Å²) in [6, 6.07) is 0. The molecule has 0 bridgehead atoms. The van der Waals surface area contributed by atoms with Gasteiger partial charge >= 0.3 is 37.7 Å². The number of hydrogen-bond donors (Lipinski definition) is 1. The zero-order chi connectivity index (χ0) is 2.71. The second-order valence-corrected chi connectivity index (χ2v) is 0.982. The van der Waals surface area contributed by atoms with Crippen LogP contribution in [0.2, 0.25) is 0 Å². The van der Waals surface area contributed by atoms with Crippen molar-refractivity contribution >= 4 is 53.9 Å². The van der Waals surface area contributed by atoms with E-state index in [0.29, 0.717) is 0 Å². The molecular formula is CH6BrCaNTi. The van der Waals surface area contributed by atoms with Gasteiger partial charge in [-0.1, -0.05) is 0 Å². The Bertz CT molecular complexity index is 11.6. The van der Waals surface area contributed by atoms with E-state index >= 15 is 0 Å². The van der Waals surface area contributed by atoms with Gasteiger partial charge in [0, 0.05) is 37.9 Å². The Morgan fingerprint density at radius 2 is 1.60 bits per heavy atom. The summed E-state index contributed by atoms with van der Waals surface area (Å²) < 4.78 is 2.56. The molecule has 0 atom stereocenters. The third kappa shape index (κ3) is 21.4. The molecule has 1 N–H and O–H groups in total. The van der Waals surface area contributed by atoms with Crippen molar-refractivity contribution in [2.75, 3.05) is 7.05 Å². The SMILES string of the molecule is CNBr.[CaH2].[Ti]. The van der Waals surface area contributed by atoms with E-state index in [1.807, 2.05) is 0 Å². The van der Waals surface area contributed by atoms with Gasteiger partial charge in [-0.3, -0.25) is 4.34 Å². The molecule has 0 saturated carbocycles. The second-order valence-electron chi connectivity index (χ2n) is 0.189. The molecule has 0 aliphatic carbocycles. The predicted octanol–water partition coefficient (Wildman–Crippen LogP) is -0.403. The van der Waals surface area contributed by atoms with Gasteiger partial charge in [0.2, 0.25) is 0 Å².